The molecule has 12 N–H and O–H groups in total. The number of nitrogens with one attached hydrogen (secondary N) is 3. The summed E-state index contributed by atoms with van der Waals surface area (Å²) in [7, 11) is 0. The second-order valence-electron chi connectivity index (χ2n) is 6.48. The van der Waals surface area contributed by atoms with Crippen molar-refractivity contribution in [1.29, 1.82) is 0 Å². The molecule has 0 fully saturated rings. The smallest absolute Gasteiger partial charge is 0.322 e. The molecule has 0 saturated heterocycles. The zero-order valence-corrected chi connectivity index (χ0v) is 17.8. The Morgan fingerprint density at radius 2 is 1.52 bits per heavy atom. The zero-order valence-electron chi connectivity index (χ0n) is 16.9. The average molecular weight is 463 g/mol. The van der Waals surface area contributed by atoms with Crippen molar-refractivity contribution >= 4 is 48.2 Å². The Hall–Kier alpha value is -3.07. The Balaban J connectivity index is 5.31. The van der Waals surface area contributed by atoms with Gasteiger partial charge in [-0.3, -0.25) is 29.0 Å². The molecule has 0 aromatic heterocycles. The van der Waals surface area contributed by atoms with Gasteiger partial charge in [-0.15, -0.1) is 0 Å². The standard InChI is InChI=1S/C16H30N8O6S/c17-8(7-31)13(28)23-10(3-4-11(18)25)15(30)24-9(2-1-5-21-16(19)20)14(29)22-6-12(26)27/h8-10,31H,1-7,17H2,(H2,18,25)(H,22,29)(H,23,28)(H,24,30)(H,26,27)(H4,19,20,21). The van der Waals surface area contributed by atoms with Gasteiger partial charge in [0.2, 0.25) is 23.6 Å². The van der Waals surface area contributed by atoms with E-state index < -0.39 is 54.3 Å². The molecule has 0 radical (unpaired) electrons. The van der Waals surface area contributed by atoms with Crippen molar-refractivity contribution in [1.82, 2.24) is 16.0 Å². The molecule has 3 atom stereocenters. The number of carboxylic acids is 1. The van der Waals surface area contributed by atoms with Gasteiger partial charge in [-0.2, -0.15) is 12.6 Å². The van der Waals surface area contributed by atoms with E-state index in [0.717, 1.165) is 0 Å². The second kappa shape index (κ2) is 14.8. The van der Waals surface area contributed by atoms with E-state index in [4.69, 9.17) is 28.0 Å². The minimum atomic E-state index is -1.27. The Morgan fingerprint density at radius 3 is 2.03 bits per heavy atom. The summed E-state index contributed by atoms with van der Waals surface area (Å²) in [5.74, 6) is -4.32. The van der Waals surface area contributed by atoms with Crippen molar-refractivity contribution in [2.24, 2.45) is 27.9 Å². The van der Waals surface area contributed by atoms with Crippen LogP contribution in [-0.2, 0) is 24.0 Å². The molecule has 0 heterocycles. The van der Waals surface area contributed by atoms with Crippen LogP contribution in [0.1, 0.15) is 25.7 Å². The quantitative estimate of drug-likeness (QED) is 0.0493. The van der Waals surface area contributed by atoms with Crippen molar-refractivity contribution in [2.75, 3.05) is 18.8 Å². The second-order valence-corrected chi connectivity index (χ2v) is 6.84. The fraction of sp³-hybridized carbons (Fsp3) is 0.625. The number of aliphatic imine (C=N–C) groups is 1. The van der Waals surface area contributed by atoms with E-state index in [1.807, 2.05) is 0 Å². The third-order valence-corrected chi connectivity index (χ3v) is 4.23. The molecule has 0 rings (SSSR count). The van der Waals surface area contributed by atoms with E-state index >= 15 is 0 Å². The Morgan fingerprint density at radius 1 is 0.935 bits per heavy atom. The predicted octanol–water partition coefficient (Wildman–Crippen LogP) is -4.27. The maximum Gasteiger partial charge on any atom is 0.322 e. The van der Waals surface area contributed by atoms with Gasteiger partial charge in [-0.05, 0) is 19.3 Å². The van der Waals surface area contributed by atoms with Gasteiger partial charge in [0.1, 0.15) is 18.6 Å². The van der Waals surface area contributed by atoms with Crippen molar-refractivity contribution in [3.8, 4) is 0 Å². The number of nitrogens with two attached hydrogens (primary N) is 4. The molecular weight excluding hydrogens is 432 g/mol. The molecule has 3 unspecified atom stereocenters. The summed E-state index contributed by atoms with van der Waals surface area (Å²) in [5.41, 5.74) is 21.1. The molecule has 176 valence electrons. The summed E-state index contributed by atoms with van der Waals surface area (Å²) in [6, 6.07) is -3.35. The molecule has 0 bridgehead atoms. The fourth-order valence-electron chi connectivity index (χ4n) is 2.25. The topological polar surface area (TPSA) is 258 Å². The summed E-state index contributed by atoms with van der Waals surface area (Å²) in [4.78, 5) is 62.6. The predicted molar refractivity (Wildman–Crippen MR) is 115 cm³/mol. The molecule has 0 aromatic carbocycles. The molecule has 0 aliphatic carbocycles. The van der Waals surface area contributed by atoms with Gasteiger partial charge in [0.25, 0.3) is 0 Å². The highest BCUT2D eigenvalue weighted by Gasteiger charge is 2.28. The van der Waals surface area contributed by atoms with Crippen LogP contribution in [0.5, 0.6) is 0 Å². The van der Waals surface area contributed by atoms with Crippen LogP contribution in [0.15, 0.2) is 4.99 Å². The highest BCUT2D eigenvalue weighted by molar-refractivity contribution is 7.80. The first-order chi connectivity index (χ1) is 14.5. The third kappa shape index (κ3) is 13.0. The number of carboxylic acid groups (broad SMARTS) is 1. The molecule has 0 saturated carbocycles. The van der Waals surface area contributed by atoms with Crippen molar-refractivity contribution in [2.45, 2.75) is 43.8 Å². The van der Waals surface area contributed by atoms with E-state index in [1.165, 1.54) is 0 Å². The number of hydrogen-bond acceptors (Lipinski definition) is 8. The van der Waals surface area contributed by atoms with Crippen LogP contribution in [0.3, 0.4) is 0 Å². The number of thiol groups is 1. The molecule has 0 aromatic rings. The van der Waals surface area contributed by atoms with Gasteiger partial charge in [-0.25, -0.2) is 0 Å². The van der Waals surface area contributed by atoms with Crippen LogP contribution in [0.25, 0.3) is 0 Å². The lowest BCUT2D eigenvalue weighted by atomic mass is 10.1. The molecular formula is C16H30N8O6S. The van der Waals surface area contributed by atoms with E-state index in [0.29, 0.717) is 0 Å². The Bertz CT molecular complexity index is 685. The number of amides is 4. The molecule has 0 aliphatic rings. The van der Waals surface area contributed by atoms with E-state index in [9.17, 15) is 24.0 Å². The van der Waals surface area contributed by atoms with Crippen molar-refractivity contribution < 1.29 is 29.1 Å². The van der Waals surface area contributed by atoms with Gasteiger partial charge >= 0.3 is 5.97 Å². The van der Waals surface area contributed by atoms with Crippen molar-refractivity contribution in [3.05, 3.63) is 0 Å². The van der Waals surface area contributed by atoms with Crippen LogP contribution >= 0.6 is 12.6 Å². The molecule has 14 nitrogen and oxygen atoms in total. The fourth-order valence-corrected chi connectivity index (χ4v) is 2.41. The average Bonchev–Trinajstić information content (AvgIpc) is 2.69. The third-order valence-electron chi connectivity index (χ3n) is 3.84. The van der Waals surface area contributed by atoms with Gasteiger partial charge < -0.3 is 44.0 Å². The molecule has 0 spiro atoms. The number of carbonyl (C=O) groups excluding carboxylic acids is 4. The first kappa shape index (κ1) is 27.9. The summed E-state index contributed by atoms with van der Waals surface area (Å²) in [6.07, 6.45) is 0.00526. The number of nitrogens with zero attached hydrogens (tertiary/aromatic N) is 1. The van der Waals surface area contributed by atoms with E-state index in [1.54, 1.807) is 0 Å². The maximum absolute atomic E-state index is 12.7. The number of primary amides is 1. The first-order valence-electron chi connectivity index (χ1n) is 9.28. The molecule has 4 amide bonds. The molecule has 31 heavy (non-hydrogen) atoms. The number of guanidine groups is 1. The van der Waals surface area contributed by atoms with E-state index in [-0.39, 0.29) is 43.9 Å². The number of hydrogen-bond donors (Lipinski definition) is 9. The van der Waals surface area contributed by atoms with Crippen LogP contribution in [-0.4, -0.2) is 77.6 Å². The van der Waals surface area contributed by atoms with Crippen LogP contribution < -0.4 is 38.9 Å². The lowest BCUT2D eigenvalue weighted by molar-refractivity contribution is -0.138. The number of aliphatic carboxylic acids is 1. The Labute approximate surface area is 184 Å². The van der Waals surface area contributed by atoms with Crippen LogP contribution in [0, 0.1) is 0 Å². The maximum atomic E-state index is 12.7. The zero-order chi connectivity index (χ0) is 24.0. The summed E-state index contributed by atoms with van der Waals surface area (Å²) < 4.78 is 0. The lowest BCUT2D eigenvalue weighted by Crippen LogP contribution is -2.56. The van der Waals surface area contributed by atoms with Gasteiger partial charge in [0, 0.05) is 18.7 Å². The minimum absolute atomic E-state index is 0.0149. The lowest BCUT2D eigenvalue weighted by Gasteiger charge is -2.23. The normalized spacial score (nSPS) is 13.2. The highest BCUT2D eigenvalue weighted by Crippen LogP contribution is 2.04. The Kier molecular flexibility index (Phi) is 13.4. The highest BCUT2D eigenvalue weighted by atomic mass is 32.1. The summed E-state index contributed by atoms with van der Waals surface area (Å²) in [6.45, 7) is -0.489. The van der Waals surface area contributed by atoms with Gasteiger partial charge in [-0.1, -0.05) is 0 Å². The molecule has 15 heteroatoms. The van der Waals surface area contributed by atoms with Crippen molar-refractivity contribution in [3.63, 3.8) is 0 Å². The van der Waals surface area contributed by atoms with E-state index in [2.05, 4.69) is 33.6 Å². The van der Waals surface area contributed by atoms with Crippen LogP contribution in [0.4, 0.5) is 0 Å². The molecule has 0 aliphatic heterocycles. The largest absolute Gasteiger partial charge is 0.480 e. The monoisotopic (exact) mass is 462 g/mol. The minimum Gasteiger partial charge on any atom is -0.480 e. The number of rotatable bonds is 15. The van der Waals surface area contributed by atoms with Gasteiger partial charge in [0.15, 0.2) is 5.96 Å². The van der Waals surface area contributed by atoms with Gasteiger partial charge in [0.05, 0.1) is 6.04 Å². The van der Waals surface area contributed by atoms with Crippen LogP contribution in [0.2, 0.25) is 0 Å². The SMILES string of the molecule is NC(=O)CCC(NC(=O)C(N)CS)C(=O)NC(CCCN=C(N)N)C(=O)NCC(=O)O. The summed E-state index contributed by atoms with van der Waals surface area (Å²) in [5, 5.41) is 15.7. The number of carbonyl (C=O) groups is 5. The summed E-state index contributed by atoms with van der Waals surface area (Å²) >= 11 is 3.91. The first-order valence-corrected chi connectivity index (χ1v) is 9.91.